The molecule has 3 rings (SSSR count). The molecular weight excluding hydrogens is 284 g/mol. The molecule has 5 heteroatoms. The first-order valence-corrected chi connectivity index (χ1v) is 7.97. The molecule has 0 amide bonds. The van der Waals surface area contributed by atoms with Gasteiger partial charge >= 0.3 is 0 Å². The van der Waals surface area contributed by atoms with Crippen LogP contribution < -0.4 is 5.32 Å². The van der Waals surface area contributed by atoms with Crippen molar-refractivity contribution in [2.24, 2.45) is 0 Å². The van der Waals surface area contributed by atoms with E-state index in [1.807, 2.05) is 19.2 Å². The third kappa shape index (κ3) is 3.27. The predicted octanol–water partition coefficient (Wildman–Crippen LogP) is 3.55. The number of aromatic nitrogens is 3. The molecule has 1 saturated carbocycles. The Balaban J connectivity index is 1.74. The van der Waals surface area contributed by atoms with Crippen LogP contribution in [0.3, 0.4) is 0 Å². The molecule has 0 radical (unpaired) electrons. The zero-order valence-corrected chi connectivity index (χ0v) is 13.1. The van der Waals surface area contributed by atoms with Crippen molar-refractivity contribution in [2.45, 2.75) is 44.2 Å². The number of hydrogen-bond donors (Lipinski definition) is 1. The van der Waals surface area contributed by atoms with E-state index in [4.69, 9.17) is 16.7 Å². The molecule has 2 heterocycles. The number of halogens is 1. The summed E-state index contributed by atoms with van der Waals surface area (Å²) in [6.07, 6.45) is 9.84. The van der Waals surface area contributed by atoms with Gasteiger partial charge in [0.15, 0.2) is 0 Å². The van der Waals surface area contributed by atoms with Crippen LogP contribution in [0.15, 0.2) is 30.6 Å². The molecule has 0 spiro atoms. The van der Waals surface area contributed by atoms with E-state index in [9.17, 15) is 0 Å². The third-order valence-electron chi connectivity index (χ3n) is 4.24. The minimum atomic E-state index is 0.0885. The first-order chi connectivity index (χ1) is 10.3. The lowest BCUT2D eigenvalue weighted by Crippen LogP contribution is -2.21. The van der Waals surface area contributed by atoms with Crippen LogP contribution in [0.4, 0.5) is 0 Å². The number of rotatable bonds is 5. The van der Waals surface area contributed by atoms with Gasteiger partial charge < -0.3 is 5.32 Å². The summed E-state index contributed by atoms with van der Waals surface area (Å²) in [4.78, 5) is 4.40. The first kappa shape index (κ1) is 14.5. The predicted molar refractivity (Wildman–Crippen MR) is 84.5 cm³/mol. The fourth-order valence-electron chi connectivity index (χ4n) is 3.06. The van der Waals surface area contributed by atoms with Crippen molar-refractivity contribution in [3.63, 3.8) is 0 Å². The van der Waals surface area contributed by atoms with Gasteiger partial charge in [0.1, 0.15) is 0 Å². The van der Waals surface area contributed by atoms with Crippen LogP contribution >= 0.6 is 11.6 Å². The quantitative estimate of drug-likeness (QED) is 0.918. The molecule has 0 aromatic carbocycles. The lowest BCUT2D eigenvalue weighted by atomic mass is 10.1. The van der Waals surface area contributed by atoms with Crippen LogP contribution in [0, 0.1) is 0 Å². The van der Waals surface area contributed by atoms with Gasteiger partial charge in [-0.25, -0.2) is 0 Å². The van der Waals surface area contributed by atoms with E-state index in [0.717, 1.165) is 17.8 Å². The molecule has 0 bridgehead atoms. The molecule has 21 heavy (non-hydrogen) atoms. The number of nitrogens with one attached hydrogen (secondary N) is 1. The van der Waals surface area contributed by atoms with Gasteiger partial charge in [0, 0.05) is 18.8 Å². The van der Waals surface area contributed by atoms with Crippen LogP contribution in [0.25, 0.3) is 0 Å². The van der Waals surface area contributed by atoms with Gasteiger partial charge in [-0.05, 0) is 38.1 Å². The van der Waals surface area contributed by atoms with Crippen molar-refractivity contribution in [3.8, 4) is 0 Å². The molecule has 1 unspecified atom stereocenters. The highest BCUT2D eigenvalue weighted by Crippen LogP contribution is 2.29. The molecule has 1 N–H and O–H groups in total. The van der Waals surface area contributed by atoms with Crippen molar-refractivity contribution in [2.75, 3.05) is 7.05 Å². The third-order valence-corrected chi connectivity index (χ3v) is 4.56. The van der Waals surface area contributed by atoms with E-state index < -0.39 is 0 Å². The Morgan fingerprint density at radius 1 is 1.38 bits per heavy atom. The zero-order chi connectivity index (χ0) is 14.7. The second-order valence-corrected chi connectivity index (χ2v) is 6.05. The Morgan fingerprint density at radius 3 is 2.90 bits per heavy atom. The Bertz CT molecular complexity index is 589. The highest BCUT2D eigenvalue weighted by atomic mass is 35.5. The average Bonchev–Trinajstić information content (AvgIpc) is 3.16. The molecule has 112 valence electrons. The van der Waals surface area contributed by atoms with E-state index in [-0.39, 0.29) is 6.04 Å². The monoisotopic (exact) mass is 304 g/mol. The summed E-state index contributed by atoms with van der Waals surface area (Å²) in [5.74, 6) is 0. The SMILES string of the molecule is CNC(Cc1ccn(C2CCCC2)n1)c1ncccc1Cl. The van der Waals surface area contributed by atoms with Gasteiger partial charge in [0.25, 0.3) is 0 Å². The highest BCUT2D eigenvalue weighted by Gasteiger charge is 2.20. The summed E-state index contributed by atoms with van der Waals surface area (Å²) >= 11 is 6.24. The molecule has 2 aromatic heterocycles. The minimum absolute atomic E-state index is 0.0885. The molecule has 0 saturated heterocycles. The summed E-state index contributed by atoms with van der Waals surface area (Å²) in [5, 5.41) is 8.73. The maximum Gasteiger partial charge on any atom is 0.0762 e. The fraction of sp³-hybridized carbons (Fsp3) is 0.500. The van der Waals surface area contributed by atoms with Gasteiger partial charge in [-0.1, -0.05) is 24.4 Å². The topological polar surface area (TPSA) is 42.7 Å². The van der Waals surface area contributed by atoms with E-state index in [2.05, 4.69) is 27.2 Å². The van der Waals surface area contributed by atoms with Gasteiger partial charge in [0.05, 0.1) is 28.5 Å². The maximum absolute atomic E-state index is 6.24. The van der Waals surface area contributed by atoms with E-state index >= 15 is 0 Å². The van der Waals surface area contributed by atoms with Crippen molar-refractivity contribution < 1.29 is 0 Å². The minimum Gasteiger partial charge on any atom is -0.311 e. The van der Waals surface area contributed by atoms with Gasteiger partial charge in [-0.3, -0.25) is 9.67 Å². The molecule has 2 aromatic rings. The summed E-state index contributed by atoms with van der Waals surface area (Å²) in [5.41, 5.74) is 1.97. The van der Waals surface area contributed by atoms with Crippen LogP contribution in [-0.4, -0.2) is 21.8 Å². The number of pyridine rings is 1. The van der Waals surface area contributed by atoms with E-state index in [1.165, 1.54) is 25.7 Å². The summed E-state index contributed by atoms with van der Waals surface area (Å²) in [6, 6.07) is 6.52. The van der Waals surface area contributed by atoms with Gasteiger partial charge in [-0.2, -0.15) is 5.10 Å². The summed E-state index contributed by atoms with van der Waals surface area (Å²) in [6.45, 7) is 0. The maximum atomic E-state index is 6.24. The van der Waals surface area contributed by atoms with Crippen molar-refractivity contribution in [1.82, 2.24) is 20.1 Å². The highest BCUT2D eigenvalue weighted by molar-refractivity contribution is 6.31. The Morgan fingerprint density at radius 2 is 2.19 bits per heavy atom. The second-order valence-electron chi connectivity index (χ2n) is 5.64. The van der Waals surface area contributed by atoms with E-state index in [0.29, 0.717) is 11.1 Å². The normalized spacial score (nSPS) is 17.2. The Hall–Kier alpha value is -1.39. The summed E-state index contributed by atoms with van der Waals surface area (Å²) in [7, 11) is 1.93. The van der Waals surface area contributed by atoms with Crippen LogP contribution in [-0.2, 0) is 6.42 Å². The van der Waals surface area contributed by atoms with Crippen molar-refractivity contribution >= 4 is 11.6 Å². The Kier molecular flexibility index (Phi) is 4.56. The molecule has 4 nitrogen and oxygen atoms in total. The number of likely N-dealkylation sites (N-methyl/N-ethyl adjacent to an activating group) is 1. The molecular formula is C16H21ClN4. The van der Waals surface area contributed by atoms with E-state index in [1.54, 1.807) is 6.20 Å². The van der Waals surface area contributed by atoms with Gasteiger partial charge in [-0.15, -0.1) is 0 Å². The summed E-state index contributed by atoms with van der Waals surface area (Å²) < 4.78 is 2.13. The zero-order valence-electron chi connectivity index (χ0n) is 12.3. The lowest BCUT2D eigenvalue weighted by Gasteiger charge is -2.15. The number of nitrogens with zero attached hydrogens (tertiary/aromatic N) is 3. The second kappa shape index (κ2) is 6.58. The Labute approximate surface area is 130 Å². The number of hydrogen-bond acceptors (Lipinski definition) is 3. The molecule has 0 aliphatic heterocycles. The van der Waals surface area contributed by atoms with Crippen molar-refractivity contribution in [1.29, 1.82) is 0 Å². The van der Waals surface area contributed by atoms with Crippen LogP contribution in [0.2, 0.25) is 5.02 Å². The molecule has 1 fully saturated rings. The lowest BCUT2D eigenvalue weighted by molar-refractivity contribution is 0.458. The van der Waals surface area contributed by atoms with Crippen LogP contribution in [0.1, 0.15) is 49.2 Å². The molecule has 1 atom stereocenters. The van der Waals surface area contributed by atoms with Gasteiger partial charge in [0.2, 0.25) is 0 Å². The largest absolute Gasteiger partial charge is 0.311 e. The molecule has 1 aliphatic carbocycles. The fourth-order valence-corrected chi connectivity index (χ4v) is 3.31. The smallest absolute Gasteiger partial charge is 0.0762 e. The standard InChI is InChI=1S/C16H21ClN4/c1-18-15(16-14(17)7-4-9-19-16)11-12-8-10-21(20-12)13-5-2-3-6-13/h4,7-10,13,15,18H,2-3,5-6,11H2,1H3. The van der Waals surface area contributed by atoms with Crippen LogP contribution in [0.5, 0.6) is 0 Å². The van der Waals surface area contributed by atoms with Crippen molar-refractivity contribution in [3.05, 3.63) is 47.0 Å². The average molecular weight is 305 g/mol. The first-order valence-electron chi connectivity index (χ1n) is 7.59. The molecule has 1 aliphatic rings.